The van der Waals surface area contributed by atoms with Crippen molar-refractivity contribution in [2.24, 2.45) is 5.73 Å². The van der Waals surface area contributed by atoms with Crippen LogP contribution in [0.3, 0.4) is 0 Å². The third-order valence-electron chi connectivity index (χ3n) is 5.13. The fourth-order valence-electron chi connectivity index (χ4n) is 3.72. The molecule has 0 bridgehead atoms. The molecule has 3 heterocycles. The molecule has 1 aromatic carbocycles. The third kappa shape index (κ3) is 3.89. The lowest BCUT2D eigenvalue weighted by molar-refractivity contribution is -0.0578. The Morgan fingerprint density at radius 3 is 2.42 bits per heavy atom. The van der Waals surface area contributed by atoms with Crippen molar-refractivity contribution in [2.45, 2.75) is 25.0 Å². The highest BCUT2D eigenvalue weighted by Crippen LogP contribution is 2.41. The minimum Gasteiger partial charge on any atom is -0.391 e. The van der Waals surface area contributed by atoms with Crippen molar-refractivity contribution in [1.29, 1.82) is 0 Å². The molecule has 1 fully saturated rings. The summed E-state index contributed by atoms with van der Waals surface area (Å²) in [7, 11) is 0. The SMILES string of the molecule is NC(=O)c1nc(-c2c(F)cccc2F)c(F)c(C2CCC(O)CO2)c1-c1cccnc1. The van der Waals surface area contributed by atoms with Crippen LogP contribution in [-0.2, 0) is 4.74 Å². The number of amides is 1. The molecule has 3 aromatic rings. The van der Waals surface area contributed by atoms with E-state index in [1.54, 1.807) is 12.1 Å². The molecule has 160 valence electrons. The average Bonchev–Trinajstić information content (AvgIpc) is 2.75. The smallest absolute Gasteiger partial charge is 0.267 e. The summed E-state index contributed by atoms with van der Waals surface area (Å²) in [6.07, 6.45) is 1.80. The maximum Gasteiger partial charge on any atom is 0.267 e. The molecular weight excluding hydrogens is 411 g/mol. The van der Waals surface area contributed by atoms with Crippen LogP contribution in [-0.4, -0.2) is 33.7 Å². The van der Waals surface area contributed by atoms with Gasteiger partial charge >= 0.3 is 0 Å². The molecule has 2 unspecified atom stereocenters. The van der Waals surface area contributed by atoms with Gasteiger partial charge in [-0.3, -0.25) is 9.78 Å². The van der Waals surface area contributed by atoms with Gasteiger partial charge in [-0.15, -0.1) is 0 Å². The Morgan fingerprint density at radius 1 is 1.10 bits per heavy atom. The summed E-state index contributed by atoms with van der Waals surface area (Å²) in [4.78, 5) is 20.2. The van der Waals surface area contributed by atoms with Gasteiger partial charge in [-0.2, -0.15) is 0 Å². The number of aliphatic hydroxyl groups is 1. The summed E-state index contributed by atoms with van der Waals surface area (Å²) < 4.78 is 50.4. The monoisotopic (exact) mass is 429 g/mol. The first-order valence-corrected chi connectivity index (χ1v) is 9.56. The van der Waals surface area contributed by atoms with Gasteiger partial charge in [-0.25, -0.2) is 18.2 Å². The van der Waals surface area contributed by atoms with E-state index in [1.807, 2.05) is 0 Å². The van der Waals surface area contributed by atoms with Gasteiger partial charge in [0.1, 0.15) is 23.0 Å². The number of carbonyl (C=O) groups is 1. The second kappa shape index (κ2) is 8.44. The zero-order chi connectivity index (χ0) is 22.1. The molecular formula is C22H18F3N3O3. The van der Waals surface area contributed by atoms with Crippen molar-refractivity contribution in [3.63, 3.8) is 0 Å². The molecule has 1 aliphatic heterocycles. The van der Waals surface area contributed by atoms with Gasteiger partial charge in [0.2, 0.25) is 0 Å². The van der Waals surface area contributed by atoms with Gasteiger partial charge in [-0.1, -0.05) is 12.1 Å². The van der Waals surface area contributed by atoms with Crippen LogP contribution in [0.4, 0.5) is 13.2 Å². The molecule has 1 aliphatic rings. The van der Waals surface area contributed by atoms with Crippen LogP contribution >= 0.6 is 0 Å². The van der Waals surface area contributed by atoms with Gasteiger partial charge in [0.25, 0.3) is 5.91 Å². The Labute approximate surface area is 175 Å². The number of rotatable bonds is 4. The molecule has 9 heteroatoms. The summed E-state index contributed by atoms with van der Waals surface area (Å²) in [6, 6.07) is 6.23. The maximum atomic E-state index is 15.9. The van der Waals surface area contributed by atoms with Crippen LogP contribution in [0.2, 0.25) is 0 Å². The van der Waals surface area contributed by atoms with E-state index >= 15 is 4.39 Å². The lowest BCUT2D eigenvalue weighted by Gasteiger charge is -2.29. The number of hydrogen-bond donors (Lipinski definition) is 2. The van der Waals surface area contributed by atoms with E-state index in [0.717, 1.165) is 18.2 Å². The number of halogens is 3. The molecule has 31 heavy (non-hydrogen) atoms. The Bertz CT molecular complexity index is 1110. The number of aliphatic hydroxyl groups excluding tert-OH is 1. The summed E-state index contributed by atoms with van der Waals surface area (Å²) in [6.45, 7) is -0.0613. The fraction of sp³-hybridized carbons (Fsp3) is 0.227. The van der Waals surface area contributed by atoms with Crippen LogP contribution < -0.4 is 5.73 Å². The van der Waals surface area contributed by atoms with E-state index in [1.165, 1.54) is 12.4 Å². The van der Waals surface area contributed by atoms with Crippen molar-refractivity contribution in [2.75, 3.05) is 6.61 Å². The van der Waals surface area contributed by atoms with Gasteiger partial charge < -0.3 is 15.6 Å². The molecule has 1 saturated heterocycles. The summed E-state index contributed by atoms with van der Waals surface area (Å²) in [5.41, 5.74) is 4.05. The van der Waals surface area contributed by atoms with Crippen molar-refractivity contribution in [1.82, 2.24) is 9.97 Å². The molecule has 3 N–H and O–H groups in total. The first-order valence-electron chi connectivity index (χ1n) is 9.56. The van der Waals surface area contributed by atoms with Crippen LogP contribution in [0.25, 0.3) is 22.4 Å². The Kier molecular flexibility index (Phi) is 5.71. The highest BCUT2D eigenvalue weighted by atomic mass is 19.1. The lowest BCUT2D eigenvalue weighted by atomic mass is 9.89. The van der Waals surface area contributed by atoms with Crippen LogP contribution in [0, 0.1) is 17.5 Å². The van der Waals surface area contributed by atoms with E-state index in [-0.39, 0.29) is 29.8 Å². The molecule has 4 rings (SSSR count). The number of nitrogens with zero attached hydrogens (tertiary/aromatic N) is 2. The highest BCUT2D eigenvalue weighted by molar-refractivity contribution is 5.99. The van der Waals surface area contributed by atoms with Crippen LogP contribution in [0.15, 0.2) is 42.7 Å². The molecule has 0 spiro atoms. The second-order valence-corrected chi connectivity index (χ2v) is 7.17. The normalized spacial score (nSPS) is 18.7. The van der Waals surface area contributed by atoms with Crippen molar-refractivity contribution in [3.8, 4) is 22.4 Å². The number of nitrogens with two attached hydrogens (primary N) is 1. The van der Waals surface area contributed by atoms with Crippen molar-refractivity contribution in [3.05, 3.63) is 71.4 Å². The largest absolute Gasteiger partial charge is 0.391 e. The molecule has 0 radical (unpaired) electrons. The molecule has 0 aliphatic carbocycles. The van der Waals surface area contributed by atoms with Crippen LogP contribution in [0.5, 0.6) is 0 Å². The van der Waals surface area contributed by atoms with E-state index in [9.17, 15) is 18.7 Å². The molecule has 6 nitrogen and oxygen atoms in total. The van der Waals surface area contributed by atoms with Crippen molar-refractivity contribution >= 4 is 5.91 Å². The number of hydrogen-bond acceptors (Lipinski definition) is 5. The Hall–Kier alpha value is -3.30. The summed E-state index contributed by atoms with van der Waals surface area (Å²) >= 11 is 0. The molecule has 1 amide bonds. The lowest BCUT2D eigenvalue weighted by Crippen LogP contribution is -2.27. The van der Waals surface area contributed by atoms with Gasteiger partial charge in [0, 0.05) is 29.1 Å². The van der Waals surface area contributed by atoms with E-state index < -0.39 is 46.8 Å². The number of pyridine rings is 2. The Balaban J connectivity index is 2.06. The third-order valence-corrected chi connectivity index (χ3v) is 5.13. The summed E-state index contributed by atoms with van der Waals surface area (Å²) in [5, 5.41) is 9.76. The molecule has 0 saturated carbocycles. The number of ether oxygens (including phenoxy) is 1. The predicted molar refractivity (Wildman–Crippen MR) is 105 cm³/mol. The highest BCUT2D eigenvalue weighted by Gasteiger charge is 2.33. The Morgan fingerprint density at radius 2 is 1.84 bits per heavy atom. The topological polar surface area (TPSA) is 98.3 Å². The van der Waals surface area contributed by atoms with Crippen molar-refractivity contribution < 1.29 is 27.8 Å². The van der Waals surface area contributed by atoms with E-state index in [4.69, 9.17) is 10.5 Å². The van der Waals surface area contributed by atoms with Gasteiger partial charge in [-0.05, 0) is 31.0 Å². The minimum atomic E-state index is -1.04. The zero-order valence-electron chi connectivity index (χ0n) is 16.2. The second-order valence-electron chi connectivity index (χ2n) is 7.17. The van der Waals surface area contributed by atoms with E-state index in [2.05, 4.69) is 9.97 Å². The molecule has 2 atom stereocenters. The first-order chi connectivity index (χ1) is 14.9. The van der Waals surface area contributed by atoms with Crippen LogP contribution in [0.1, 0.15) is 35.0 Å². The van der Waals surface area contributed by atoms with E-state index in [0.29, 0.717) is 12.0 Å². The maximum absolute atomic E-state index is 15.9. The fourth-order valence-corrected chi connectivity index (χ4v) is 3.72. The summed E-state index contributed by atoms with van der Waals surface area (Å²) in [5.74, 6) is -4.12. The quantitative estimate of drug-likeness (QED) is 0.661. The number of benzene rings is 1. The predicted octanol–water partition coefficient (Wildman–Crippen LogP) is 3.54. The number of primary amides is 1. The number of carbonyl (C=O) groups excluding carboxylic acids is 1. The standard InChI is InChI=1S/C22H18F3N3O3/c23-13-4-1-5-14(24)17(13)20-19(25)18(15-7-6-12(29)10-31-15)16(21(28-20)22(26)30)11-3-2-8-27-9-11/h1-5,8-9,12,15,29H,6-7,10H2,(H2,26,30). The van der Waals surface area contributed by atoms with Gasteiger partial charge in [0.05, 0.1) is 24.4 Å². The average molecular weight is 429 g/mol. The minimum absolute atomic E-state index is 0.0417. The van der Waals surface area contributed by atoms with Gasteiger partial charge in [0.15, 0.2) is 5.82 Å². The first kappa shape index (κ1) is 21.0. The zero-order valence-corrected chi connectivity index (χ0v) is 16.2. The number of aromatic nitrogens is 2. The molecule has 2 aromatic heterocycles.